The van der Waals surface area contributed by atoms with E-state index in [-0.39, 0.29) is 11.6 Å². The summed E-state index contributed by atoms with van der Waals surface area (Å²) in [5.41, 5.74) is -0.169. The van der Waals surface area contributed by atoms with Crippen molar-refractivity contribution in [2.24, 2.45) is 0 Å². The maximum atomic E-state index is 5.94. The second-order valence-electron chi connectivity index (χ2n) is 5.60. The van der Waals surface area contributed by atoms with E-state index in [1.165, 1.54) is 0 Å². The molecule has 0 amide bonds. The van der Waals surface area contributed by atoms with Crippen molar-refractivity contribution in [3.63, 3.8) is 0 Å². The van der Waals surface area contributed by atoms with Gasteiger partial charge in [0.15, 0.2) is 0 Å². The van der Waals surface area contributed by atoms with Gasteiger partial charge in [0.25, 0.3) is 0 Å². The van der Waals surface area contributed by atoms with E-state index in [0.29, 0.717) is 0 Å². The zero-order valence-electron chi connectivity index (χ0n) is 13.5. The van der Waals surface area contributed by atoms with Gasteiger partial charge < -0.3 is 14.8 Å². The number of rotatable bonds is 8. The van der Waals surface area contributed by atoms with Crippen LogP contribution >= 0.6 is 0 Å². The average Bonchev–Trinajstić information content (AvgIpc) is 2.95. The Morgan fingerprint density at radius 1 is 1.43 bits per heavy atom. The number of aryl methyl sites for hydroxylation is 1. The minimum atomic E-state index is -0.169. The molecule has 0 aliphatic carbocycles. The monoisotopic (exact) mass is 296 g/mol. The molecule has 2 heterocycles. The van der Waals surface area contributed by atoms with Crippen LogP contribution in [0.2, 0.25) is 0 Å². The Morgan fingerprint density at radius 3 is 2.81 bits per heavy atom. The van der Waals surface area contributed by atoms with E-state index in [9.17, 15) is 0 Å². The van der Waals surface area contributed by atoms with E-state index < -0.39 is 0 Å². The number of nitrogens with zero attached hydrogens (tertiary/aromatic N) is 3. The smallest absolute Gasteiger partial charge is 0.138 e. The van der Waals surface area contributed by atoms with Crippen LogP contribution in [-0.4, -0.2) is 53.3 Å². The zero-order chi connectivity index (χ0) is 15.1. The van der Waals surface area contributed by atoms with Crippen LogP contribution < -0.4 is 5.32 Å². The van der Waals surface area contributed by atoms with E-state index in [1.54, 1.807) is 6.33 Å². The largest absolute Gasteiger partial charge is 0.381 e. The standard InChI is InChI=1S/C15H28N4O2/c1-4-8-19-14(17-12-18-19)11-13(16-5-2)15(20-3)6-9-21-10-7-15/h12-13,16H,4-11H2,1-3H3. The first-order valence-corrected chi connectivity index (χ1v) is 7.98. The van der Waals surface area contributed by atoms with Gasteiger partial charge in [-0.1, -0.05) is 13.8 Å². The van der Waals surface area contributed by atoms with Crippen LogP contribution in [-0.2, 0) is 22.4 Å². The molecule has 1 aromatic heterocycles. The molecular weight excluding hydrogens is 268 g/mol. The van der Waals surface area contributed by atoms with Crippen LogP contribution in [0.4, 0.5) is 0 Å². The molecular formula is C15H28N4O2. The summed E-state index contributed by atoms with van der Waals surface area (Å²) in [5.74, 6) is 1.03. The summed E-state index contributed by atoms with van der Waals surface area (Å²) in [6.07, 6.45) is 5.39. The summed E-state index contributed by atoms with van der Waals surface area (Å²) in [6.45, 7) is 7.64. The molecule has 6 nitrogen and oxygen atoms in total. The van der Waals surface area contributed by atoms with Crippen LogP contribution in [0.25, 0.3) is 0 Å². The van der Waals surface area contributed by atoms with Gasteiger partial charge in [0.2, 0.25) is 0 Å². The topological polar surface area (TPSA) is 61.2 Å². The van der Waals surface area contributed by atoms with Gasteiger partial charge in [-0.2, -0.15) is 5.10 Å². The molecule has 0 saturated carbocycles. The molecule has 0 aromatic carbocycles. The molecule has 2 rings (SSSR count). The number of ether oxygens (including phenoxy) is 2. The highest BCUT2D eigenvalue weighted by atomic mass is 16.5. The molecule has 0 bridgehead atoms. The van der Waals surface area contributed by atoms with Crippen LogP contribution in [0.15, 0.2) is 6.33 Å². The molecule has 1 saturated heterocycles. The van der Waals surface area contributed by atoms with Gasteiger partial charge in [-0.15, -0.1) is 0 Å². The summed E-state index contributed by atoms with van der Waals surface area (Å²) in [5, 5.41) is 7.92. The van der Waals surface area contributed by atoms with Gasteiger partial charge in [0, 0.05) is 52.2 Å². The van der Waals surface area contributed by atoms with E-state index >= 15 is 0 Å². The van der Waals surface area contributed by atoms with E-state index in [2.05, 4.69) is 29.2 Å². The average molecular weight is 296 g/mol. The van der Waals surface area contributed by atoms with Gasteiger partial charge in [-0.25, -0.2) is 4.98 Å². The van der Waals surface area contributed by atoms with Crippen molar-refractivity contribution in [1.29, 1.82) is 0 Å². The summed E-state index contributed by atoms with van der Waals surface area (Å²) >= 11 is 0. The van der Waals surface area contributed by atoms with Crippen molar-refractivity contribution in [3.8, 4) is 0 Å². The molecule has 0 radical (unpaired) electrons. The third-order valence-electron chi connectivity index (χ3n) is 4.35. The molecule has 1 unspecified atom stereocenters. The second-order valence-corrected chi connectivity index (χ2v) is 5.60. The SMILES string of the molecule is CCCn1ncnc1CC(NCC)C1(OC)CCOCC1. The van der Waals surface area contributed by atoms with Gasteiger partial charge >= 0.3 is 0 Å². The number of aromatic nitrogens is 3. The molecule has 0 spiro atoms. The number of hydrogen-bond acceptors (Lipinski definition) is 5. The van der Waals surface area contributed by atoms with E-state index in [1.807, 2.05) is 11.8 Å². The Bertz CT molecular complexity index is 416. The predicted molar refractivity (Wildman–Crippen MR) is 81.3 cm³/mol. The Hall–Kier alpha value is -0.980. The third kappa shape index (κ3) is 3.81. The highest BCUT2D eigenvalue weighted by molar-refractivity contribution is 5.01. The molecule has 1 aliphatic rings. The molecule has 21 heavy (non-hydrogen) atoms. The molecule has 120 valence electrons. The normalized spacial score (nSPS) is 19.6. The van der Waals surface area contributed by atoms with Crippen molar-refractivity contribution >= 4 is 0 Å². The molecule has 1 N–H and O–H groups in total. The van der Waals surface area contributed by atoms with Crippen molar-refractivity contribution in [2.45, 2.75) is 57.7 Å². The second kappa shape index (κ2) is 7.87. The number of methoxy groups -OCH3 is 1. The number of nitrogens with one attached hydrogen (secondary N) is 1. The summed E-state index contributed by atoms with van der Waals surface area (Å²) in [4.78, 5) is 4.44. The van der Waals surface area contributed by atoms with Crippen molar-refractivity contribution in [3.05, 3.63) is 12.2 Å². The zero-order valence-corrected chi connectivity index (χ0v) is 13.5. The van der Waals surface area contributed by atoms with Crippen molar-refractivity contribution < 1.29 is 9.47 Å². The minimum absolute atomic E-state index is 0.169. The van der Waals surface area contributed by atoms with Crippen LogP contribution in [0, 0.1) is 0 Å². The van der Waals surface area contributed by atoms with Crippen LogP contribution in [0.5, 0.6) is 0 Å². The summed E-state index contributed by atoms with van der Waals surface area (Å²) in [7, 11) is 1.81. The van der Waals surface area contributed by atoms with Gasteiger partial charge in [-0.3, -0.25) is 4.68 Å². The first kappa shape index (κ1) is 16.4. The van der Waals surface area contributed by atoms with E-state index in [4.69, 9.17) is 9.47 Å². The van der Waals surface area contributed by atoms with Crippen molar-refractivity contribution in [1.82, 2.24) is 20.1 Å². The van der Waals surface area contributed by atoms with Gasteiger partial charge in [0.05, 0.1) is 5.60 Å². The lowest BCUT2D eigenvalue weighted by Crippen LogP contribution is -2.56. The van der Waals surface area contributed by atoms with Gasteiger partial charge in [0.1, 0.15) is 12.2 Å². The lowest BCUT2D eigenvalue weighted by Gasteiger charge is -2.42. The first-order chi connectivity index (χ1) is 10.3. The fourth-order valence-corrected chi connectivity index (χ4v) is 3.13. The predicted octanol–water partition coefficient (Wildman–Crippen LogP) is 1.40. The fraction of sp³-hybridized carbons (Fsp3) is 0.867. The summed E-state index contributed by atoms with van der Waals surface area (Å²) in [6, 6.07) is 0.233. The molecule has 6 heteroatoms. The van der Waals surface area contributed by atoms with Gasteiger partial charge in [-0.05, 0) is 13.0 Å². The van der Waals surface area contributed by atoms with Crippen LogP contribution in [0.3, 0.4) is 0 Å². The van der Waals surface area contributed by atoms with Crippen LogP contribution in [0.1, 0.15) is 38.9 Å². The lowest BCUT2D eigenvalue weighted by molar-refractivity contribution is -0.110. The lowest BCUT2D eigenvalue weighted by atomic mass is 9.84. The summed E-state index contributed by atoms with van der Waals surface area (Å²) < 4.78 is 13.5. The fourth-order valence-electron chi connectivity index (χ4n) is 3.13. The highest BCUT2D eigenvalue weighted by Crippen LogP contribution is 2.30. The highest BCUT2D eigenvalue weighted by Gasteiger charge is 2.40. The maximum Gasteiger partial charge on any atom is 0.138 e. The Balaban J connectivity index is 2.15. The quantitative estimate of drug-likeness (QED) is 0.786. The number of likely N-dealkylation sites (N-methyl/N-ethyl adjacent to an activating group) is 1. The molecule has 1 aliphatic heterocycles. The Morgan fingerprint density at radius 2 is 2.19 bits per heavy atom. The minimum Gasteiger partial charge on any atom is -0.381 e. The van der Waals surface area contributed by atoms with Crippen molar-refractivity contribution in [2.75, 3.05) is 26.9 Å². The Labute approximate surface area is 127 Å². The molecule has 1 fully saturated rings. The molecule has 1 aromatic rings. The third-order valence-corrected chi connectivity index (χ3v) is 4.35. The first-order valence-electron chi connectivity index (χ1n) is 7.98. The molecule has 1 atom stereocenters. The Kier molecular flexibility index (Phi) is 6.14. The van der Waals surface area contributed by atoms with E-state index in [0.717, 1.165) is 57.8 Å². The maximum absolute atomic E-state index is 5.94. The number of hydrogen-bond donors (Lipinski definition) is 1.